The summed E-state index contributed by atoms with van der Waals surface area (Å²) in [5.41, 5.74) is 0.776. The molecule has 0 aliphatic carbocycles. The van der Waals surface area contributed by atoms with Gasteiger partial charge in [0.2, 0.25) is 0 Å². The van der Waals surface area contributed by atoms with Crippen molar-refractivity contribution in [2.24, 2.45) is 0 Å². The molecule has 2 heterocycles. The third-order valence-corrected chi connectivity index (χ3v) is 4.91. The second kappa shape index (κ2) is 7.25. The van der Waals surface area contributed by atoms with Crippen LogP contribution < -0.4 is 0 Å². The zero-order valence-corrected chi connectivity index (χ0v) is 15.3. The van der Waals surface area contributed by atoms with Crippen molar-refractivity contribution in [1.29, 1.82) is 0 Å². The summed E-state index contributed by atoms with van der Waals surface area (Å²) in [4.78, 5) is 37.3. The number of benzene rings is 1. The van der Waals surface area contributed by atoms with Gasteiger partial charge in [0.05, 0.1) is 7.11 Å². The van der Waals surface area contributed by atoms with Crippen molar-refractivity contribution in [3.8, 4) is 0 Å². The maximum atomic E-state index is 13.2. The topological polar surface area (TPSA) is 62.7 Å². The molecule has 0 radical (unpaired) electrons. The molecule has 0 bridgehead atoms. The molecule has 1 aromatic heterocycles. The van der Waals surface area contributed by atoms with E-state index < -0.39 is 11.6 Å². The Morgan fingerprint density at radius 3 is 2.42 bits per heavy atom. The molecule has 2 aromatic rings. The third-order valence-electron chi connectivity index (χ3n) is 4.91. The van der Waals surface area contributed by atoms with E-state index in [9.17, 15) is 9.59 Å². The Kier molecular flexibility index (Phi) is 5.04. The summed E-state index contributed by atoms with van der Waals surface area (Å²) in [6, 6.07) is 12.7. The monoisotopic (exact) mass is 353 g/mol. The van der Waals surface area contributed by atoms with Gasteiger partial charge >= 0.3 is 0 Å². The van der Waals surface area contributed by atoms with Crippen LogP contribution >= 0.6 is 0 Å². The summed E-state index contributed by atoms with van der Waals surface area (Å²) in [6.07, 6.45) is 4.17. The second-order valence-electron chi connectivity index (χ2n) is 6.75. The van der Waals surface area contributed by atoms with E-state index in [-0.39, 0.29) is 11.8 Å². The predicted octanol–water partition coefficient (Wildman–Crippen LogP) is 1.86. The van der Waals surface area contributed by atoms with Crippen molar-refractivity contribution in [3.63, 3.8) is 0 Å². The van der Waals surface area contributed by atoms with Crippen LogP contribution in [-0.2, 0) is 27.3 Å². The SMILES string of the molecule is CON1C(=O)C(Cc2cccnc2)N(C)C(=O)C1(C)Cc1ccccc1. The quantitative estimate of drug-likeness (QED) is 0.823. The Hall–Kier alpha value is -2.73. The van der Waals surface area contributed by atoms with Gasteiger partial charge in [0.25, 0.3) is 11.8 Å². The van der Waals surface area contributed by atoms with Gasteiger partial charge in [-0.25, -0.2) is 5.06 Å². The fourth-order valence-corrected chi connectivity index (χ4v) is 3.55. The highest BCUT2D eigenvalue weighted by Gasteiger charge is 2.53. The molecule has 6 heteroatoms. The molecule has 2 amide bonds. The highest BCUT2D eigenvalue weighted by molar-refractivity contribution is 5.99. The van der Waals surface area contributed by atoms with Crippen LogP contribution in [0.4, 0.5) is 0 Å². The van der Waals surface area contributed by atoms with E-state index >= 15 is 0 Å². The van der Waals surface area contributed by atoms with Crippen molar-refractivity contribution in [2.45, 2.75) is 31.3 Å². The van der Waals surface area contributed by atoms with Gasteiger partial charge in [-0.05, 0) is 24.1 Å². The second-order valence-corrected chi connectivity index (χ2v) is 6.75. The van der Waals surface area contributed by atoms with Crippen LogP contribution in [0.2, 0.25) is 0 Å². The summed E-state index contributed by atoms with van der Waals surface area (Å²) in [5, 5.41) is 1.24. The Morgan fingerprint density at radius 1 is 1.12 bits per heavy atom. The van der Waals surface area contributed by atoms with Crippen LogP contribution in [0, 0.1) is 0 Å². The molecule has 3 rings (SSSR count). The van der Waals surface area contributed by atoms with E-state index in [0.29, 0.717) is 12.8 Å². The van der Waals surface area contributed by atoms with Crippen molar-refractivity contribution in [3.05, 3.63) is 66.0 Å². The largest absolute Gasteiger partial charge is 0.331 e. The Bertz CT molecular complexity index is 781. The molecule has 0 spiro atoms. The predicted molar refractivity (Wildman–Crippen MR) is 96.9 cm³/mol. The first-order chi connectivity index (χ1) is 12.5. The first-order valence-electron chi connectivity index (χ1n) is 8.55. The van der Waals surface area contributed by atoms with E-state index in [2.05, 4.69) is 4.98 Å². The van der Waals surface area contributed by atoms with Crippen LogP contribution in [0.3, 0.4) is 0 Å². The summed E-state index contributed by atoms with van der Waals surface area (Å²) in [5.74, 6) is -0.367. The molecular formula is C20H23N3O3. The van der Waals surface area contributed by atoms with E-state index in [4.69, 9.17) is 4.84 Å². The number of hydrogen-bond donors (Lipinski definition) is 0. The minimum atomic E-state index is -1.09. The third kappa shape index (κ3) is 3.20. The number of hydrogen-bond acceptors (Lipinski definition) is 4. The Balaban J connectivity index is 1.90. The smallest absolute Gasteiger partial charge is 0.270 e. The molecule has 1 fully saturated rings. The lowest BCUT2D eigenvalue weighted by Crippen LogP contribution is -2.70. The number of nitrogens with zero attached hydrogens (tertiary/aromatic N) is 3. The van der Waals surface area contributed by atoms with Crippen LogP contribution in [0.25, 0.3) is 0 Å². The summed E-state index contributed by atoms with van der Waals surface area (Å²) in [6.45, 7) is 1.75. The van der Waals surface area contributed by atoms with Crippen LogP contribution in [0.5, 0.6) is 0 Å². The maximum absolute atomic E-state index is 13.2. The van der Waals surface area contributed by atoms with Crippen molar-refractivity contribution in [1.82, 2.24) is 14.9 Å². The maximum Gasteiger partial charge on any atom is 0.270 e. The molecule has 2 unspecified atom stereocenters. The van der Waals surface area contributed by atoms with Gasteiger partial charge < -0.3 is 4.90 Å². The number of hydroxylamine groups is 2. The Morgan fingerprint density at radius 2 is 1.81 bits per heavy atom. The summed E-state index contributed by atoms with van der Waals surface area (Å²) in [7, 11) is 3.11. The molecule has 1 aromatic carbocycles. The molecule has 0 N–H and O–H groups in total. The normalized spacial score (nSPS) is 23.4. The molecule has 1 aliphatic rings. The van der Waals surface area contributed by atoms with E-state index in [0.717, 1.165) is 11.1 Å². The van der Waals surface area contributed by atoms with Gasteiger partial charge in [0.15, 0.2) is 0 Å². The molecule has 1 aliphatic heterocycles. The fourth-order valence-electron chi connectivity index (χ4n) is 3.55. The molecule has 136 valence electrons. The average molecular weight is 353 g/mol. The zero-order chi connectivity index (χ0) is 18.7. The first kappa shape index (κ1) is 18.1. The van der Waals surface area contributed by atoms with E-state index in [1.165, 1.54) is 17.1 Å². The van der Waals surface area contributed by atoms with E-state index in [1.54, 1.807) is 26.4 Å². The fraction of sp³-hybridized carbons (Fsp3) is 0.350. The highest BCUT2D eigenvalue weighted by atomic mass is 16.7. The Labute approximate surface area is 153 Å². The lowest BCUT2D eigenvalue weighted by Gasteiger charge is -2.48. The van der Waals surface area contributed by atoms with Gasteiger partial charge in [0.1, 0.15) is 11.6 Å². The highest BCUT2D eigenvalue weighted by Crippen LogP contribution is 2.31. The minimum Gasteiger partial charge on any atom is -0.331 e. The zero-order valence-electron chi connectivity index (χ0n) is 15.3. The number of likely N-dealkylation sites (N-methyl/N-ethyl adjacent to an activating group) is 1. The molecular weight excluding hydrogens is 330 g/mol. The van der Waals surface area contributed by atoms with Gasteiger partial charge in [-0.2, -0.15) is 0 Å². The van der Waals surface area contributed by atoms with Gasteiger partial charge in [-0.3, -0.25) is 19.4 Å². The number of pyridine rings is 1. The number of amides is 2. The molecule has 0 saturated carbocycles. The van der Waals surface area contributed by atoms with Crippen LogP contribution in [0.15, 0.2) is 54.9 Å². The number of aromatic nitrogens is 1. The van der Waals surface area contributed by atoms with Crippen LogP contribution in [0.1, 0.15) is 18.1 Å². The number of carbonyl (C=O) groups excluding carboxylic acids is 2. The summed E-state index contributed by atoms with van der Waals surface area (Å²) >= 11 is 0. The number of piperazine rings is 1. The van der Waals surface area contributed by atoms with Crippen molar-refractivity contribution < 1.29 is 14.4 Å². The summed E-state index contributed by atoms with van der Waals surface area (Å²) < 4.78 is 0. The van der Waals surface area contributed by atoms with Crippen molar-refractivity contribution >= 4 is 11.8 Å². The lowest BCUT2D eigenvalue weighted by molar-refractivity contribution is -0.226. The molecule has 6 nitrogen and oxygen atoms in total. The van der Waals surface area contributed by atoms with Crippen molar-refractivity contribution in [2.75, 3.05) is 14.2 Å². The van der Waals surface area contributed by atoms with Crippen LogP contribution in [-0.4, -0.2) is 52.5 Å². The van der Waals surface area contributed by atoms with Gasteiger partial charge in [-0.1, -0.05) is 36.4 Å². The minimum absolute atomic E-state index is 0.142. The number of rotatable bonds is 5. The standard InChI is InChI=1S/C20H23N3O3/c1-20(13-15-8-5-4-6-9-15)19(25)22(2)17(18(24)23(20)26-3)12-16-10-7-11-21-14-16/h4-11,14,17H,12-13H2,1-3H3. The van der Waals surface area contributed by atoms with Gasteiger partial charge in [0, 0.05) is 32.3 Å². The first-order valence-corrected chi connectivity index (χ1v) is 8.55. The average Bonchev–Trinajstić information content (AvgIpc) is 2.66. The number of carbonyl (C=O) groups is 2. The molecule has 1 saturated heterocycles. The van der Waals surface area contributed by atoms with Gasteiger partial charge in [-0.15, -0.1) is 0 Å². The van der Waals surface area contributed by atoms with E-state index in [1.807, 2.05) is 42.5 Å². The molecule has 2 atom stereocenters. The molecule has 26 heavy (non-hydrogen) atoms. The lowest BCUT2D eigenvalue weighted by atomic mass is 9.86.